The Hall–Kier alpha value is -2.43. The molecule has 218 valence electrons. The van der Waals surface area contributed by atoms with Crippen molar-refractivity contribution in [1.29, 1.82) is 5.26 Å². The van der Waals surface area contributed by atoms with Crippen molar-refractivity contribution in [2.45, 2.75) is 62.3 Å². The van der Waals surface area contributed by atoms with Crippen molar-refractivity contribution >= 4 is 52.0 Å². The summed E-state index contributed by atoms with van der Waals surface area (Å²) in [7, 11) is 1.75. The highest BCUT2D eigenvalue weighted by molar-refractivity contribution is 7.97. The first-order chi connectivity index (χ1) is 19.7. The van der Waals surface area contributed by atoms with Crippen LogP contribution in [0.3, 0.4) is 0 Å². The summed E-state index contributed by atoms with van der Waals surface area (Å²) < 4.78 is 11.0. The highest BCUT2D eigenvalue weighted by Gasteiger charge is 2.50. The van der Waals surface area contributed by atoms with Crippen LogP contribution >= 0.6 is 34.9 Å². The molecule has 0 radical (unpaired) electrons. The molecule has 1 unspecified atom stereocenters. The fourth-order valence-electron chi connectivity index (χ4n) is 5.55. The molecule has 2 saturated carbocycles. The molecule has 1 saturated heterocycles. The Morgan fingerprint density at radius 1 is 1.32 bits per heavy atom. The quantitative estimate of drug-likeness (QED) is 0.323. The second kappa shape index (κ2) is 11.0. The molecule has 0 spiro atoms. The number of rotatable bonds is 10. The average Bonchev–Trinajstić information content (AvgIpc) is 3.80. The minimum atomic E-state index is -0.505. The van der Waals surface area contributed by atoms with E-state index < -0.39 is 5.41 Å². The number of nitrogens with one attached hydrogen (secondary N) is 1. The summed E-state index contributed by atoms with van der Waals surface area (Å²) in [5, 5.41) is 20.3. The van der Waals surface area contributed by atoms with E-state index in [1.165, 1.54) is 11.3 Å². The first kappa shape index (κ1) is 28.7. The molecule has 6 rings (SSSR count). The first-order valence-corrected chi connectivity index (χ1v) is 16.1. The Labute approximate surface area is 253 Å². The minimum Gasteiger partial charge on any atom is -0.385 e. The van der Waals surface area contributed by atoms with Gasteiger partial charge in [0.25, 0.3) is 0 Å². The molecule has 2 aliphatic carbocycles. The van der Waals surface area contributed by atoms with E-state index in [9.17, 15) is 10.1 Å². The SMILES string of the molecule is COCCC1C[C@@]1(C)NSc1cc(N2CCN(C(=O)C(C)C)CC2)c2c(Cl)nc(-c3nnc(C4(C#N)CC4)s3)n2c1. The molecule has 41 heavy (non-hydrogen) atoms. The van der Waals surface area contributed by atoms with Crippen LogP contribution in [-0.4, -0.2) is 75.8 Å². The van der Waals surface area contributed by atoms with Crippen molar-refractivity contribution in [2.24, 2.45) is 11.8 Å². The van der Waals surface area contributed by atoms with Gasteiger partial charge in [0.1, 0.15) is 15.9 Å². The van der Waals surface area contributed by atoms with Gasteiger partial charge in [0.15, 0.2) is 16.0 Å². The van der Waals surface area contributed by atoms with Gasteiger partial charge in [0.2, 0.25) is 5.91 Å². The predicted molar refractivity (Wildman–Crippen MR) is 161 cm³/mol. The molecule has 0 aromatic carbocycles. The van der Waals surface area contributed by atoms with Crippen molar-refractivity contribution in [3.05, 3.63) is 22.4 Å². The molecule has 1 N–H and O–H groups in total. The number of anilines is 1. The molecule has 3 fully saturated rings. The second-order valence-electron chi connectivity index (χ2n) is 11.9. The largest absolute Gasteiger partial charge is 0.385 e. The van der Waals surface area contributed by atoms with Crippen molar-refractivity contribution in [2.75, 3.05) is 44.8 Å². The molecule has 10 nitrogen and oxygen atoms in total. The number of pyridine rings is 1. The van der Waals surface area contributed by atoms with Gasteiger partial charge < -0.3 is 14.5 Å². The Bertz CT molecular complexity index is 1500. The van der Waals surface area contributed by atoms with Crippen LogP contribution in [0.1, 0.15) is 51.5 Å². The fraction of sp³-hybridized carbons (Fsp3) is 0.607. The number of fused-ring (bicyclic) bond motifs is 1. The summed E-state index contributed by atoms with van der Waals surface area (Å²) in [5.74, 6) is 1.37. The molecular formula is C28H35ClN8O2S2. The van der Waals surface area contributed by atoms with E-state index in [1.807, 2.05) is 23.1 Å². The van der Waals surface area contributed by atoms with E-state index in [4.69, 9.17) is 21.3 Å². The van der Waals surface area contributed by atoms with E-state index in [1.54, 1.807) is 19.1 Å². The highest BCUT2D eigenvalue weighted by Crippen LogP contribution is 2.50. The average molecular weight is 615 g/mol. The molecule has 0 bridgehead atoms. The molecule has 1 amide bonds. The van der Waals surface area contributed by atoms with Gasteiger partial charge >= 0.3 is 0 Å². The van der Waals surface area contributed by atoms with E-state index in [-0.39, 0.29) is 17.4 Å². The number of ether oxygens (including phenoxy) is 1. The standard InChI is InChI=1S/C28H35ClN8O2S2/c1-17(2)25(38)36-10-8-35(9-11-36)20-13-19(41-34-27(3)14-18(27)5-12-39-4)15-37-21(20)22(29)31-23(37)24-32-33-26(40-24)28(16-30)6-7-28/h13,15,17-18,34H,5-12,14H2,1-4H3/t18?,27-/m1/s1. The molecule has 3 aromatic rings. The lowest BCUT2D eigenvalue weighted by Gasteiger charge is -2.37. The van der Waals surface area contributed by atoms with Gasteiger partial charge in [-0.25, -0.2) is 4.98 Å². The zero-order valence-electron chi connectivity index (χ0n) is 23.8. The smallest absolute Gasteiger partial charge is 0.225 e. The van der Waals surface area contributed by atoms with Crippen molar-refractivity contribution in [1.82, 2.24) is 29.2 Å². The third-order valence-corrected chi connectivity index (χ3v) is 11.0. The number of methoxy groups -OCH3 is 1. The van der Waals surface area contributed by atoms with Gasteiger partial charge in [-0.1, -0.05) is 36.8 Å². The molecule has 1 aliphatic heterocycles. The lowest BCUT2D eigenvalue weighted by Crippen LogP contribution is -2.50. The second-order valence-corrected chi connectivity index (χ2v) is 14.1. The third kappa shape index (κ3) is 5.43. The Kier molecular flexibility index (Phi) is 7.70. The van der Waals surface area contributed by atoms with E-state index in [0.717, 1.165) is 53.4 Å². The Balaban J connectivity index is 1.33. The van der Waals surface area contributed by atoms with E-state index >= 15 is 0 Å². The highest BCUT2D eigenvalue weighted by atomic mass is 35.5. The number of hydrogen-bond donors (Lipinski definition) is 1. The summed E-state index contributed by atoms with van der Waals surface area (Å²) in [6, 6.07) is 4.58. The summed E-state index contributed by atoms with van der Waals surface area (Å²) in [6.07, 6.45) is 5.83. The number of piperazine rings is 1. The predicted octanol–water partition coefficient (Wildman–Crippen LogP) is 4.78. The number of nitrogens with zero attached hydrogens (tertiary/aromatic N) is 7. The number of carbonyl (C=O) groups is 1. The Morgan fingerprint density at radius 3 is 2.73 bits per heavy atom. The topological polar surface area (TPSA) is 112 Å². The Morgan fingerprint density at radius 2 is 2.07 bits per heavy atom. The van der Waals surface area contributed by atoms with Crippen LogP contribution in [0.2, 0.25) is 5.15 Å². The van der Waals surface area contributed by atoms with Gasteiger partial charge in [0, 0.05) is 62.4 Å². The molecule has 2 atom stereocenters. The molecule has 4 heterocycles. The maximum Gasteiger partial charge on any atom is 0.225 e. The molecule has 13 heteroatoms. The summed E-state index contributed by atoms with van der Waals surface area (Å²) >= 11 is 9.87. The van der Waals surface area contributed by atoms with Crippen LogP contribution in [0.4, 0.5) is 5.69 Å². The van der Waals surface area contributed by atoms with Gasteiger partial charge in [0.05, 0.1) is 11.8 Å². The third-order valence-electron chi connectivity index (χ3n) is 8.55. The van der Waals surface area contributed by atoms with Crippen LogP contribution in [0.5, 0.6) is 0 Å². The maximum absolute atomic E-state index is 12.6. The van der Waals surface area contributed by atoms with Gasteiger partial charge in [-0.2, -0.15) is 5.26 Å². The zero-order valence-corrected chi connectivity index (χ0v) is 26.2. The van der Waals surface area contributed by atoms with Crippen molar-refractivity contribution < 1.29 is 9.53 Å². The summed E-state index contributed by atoms with van der Waals surface area (Å²) in [5.41, 5.74) is 1.34. The lowest BCUT2D eigenvalue weighted by molar-refractivity contribution is -0.134. The number of amides is 1. The van der Waals surface area contributed by atoms with Crippen molar-refractivity contribution in [3.63, 3.8) is 0 Å². The van der Waals surface area contributed by atoms with Crippen molar-refractivity contribution in [3.8, 4) is 16.9 Å². The van der Waals surface area contributed by atoms with Crippen LogP contribution in [0.15, 0.2) is 17.2 Å². The van der Waals surface area contributed by atoms with Crippen LogP contribution < -0.4 is 9.62 Å². The van der Waals surface area contributed by atoms with E-state index in [2.05, 4.69) is 45.1 Å². The molecular weight excluding hydrogens is 580 g/mol. The number of halogens is 1. The normalized spacial score (nSPS) is 23.3. The minimum absolute atomic E-state index is 0.0185. The van der Waals surface area contributed by atoms with Gasteiger partial charge in [-0.3, -0.25) is 13.9 Å². The van der Waals surface area contributed by atoms with Gasteiger partial charge in [-0.15, -0.1) is 10.2 Å². The van der Waals surface area contributed by atoms with Crippen LogP contribution in [0, 0.1) is 23.2 Å². The fourth-order valence-corrected chi connectivity index (χ4v) is 7.77. The number of carbonyl (C=O) groups excluding carboxylic acids is 1. The first-order valence-electron chi connectivity index (χ1n) is 14.1. The number of nitriles is 1. The summed E-state index contributed by atoms with van der Waals surface area (Å²) in [4.78, 5) is 22.6. The lowest BCUT2D eigenvalue weighted by atomic mass is 10.1. The monoisotopic (exact) mass is 614 g/mol. The molecule has 3 aromatic heterocycles. The molecule has 3 aliphatic rings. The number of hydrogen-bond acceptors (Lipinski definition) is 10. The van der Waals surface area contributed by atoms with Crippen LogP contribution in [0.25, 0.3) is 16.3 Å². The zero-order chi connectivity index (χ0) is 28.9. The summed E-state index contributed by atoms with van der Waals surface area (Å²) in [6.45, 7) is 9.64. The maximum atomic E-state index is 12.6. The number of aromatic nitrogens is 4. The van der Waals surface area contributed by atoms with Gasteiger partial charge in [-0.05, 0) is 56.5 Å². The van der Waals surface area contributed by atoms with Crippen LogP contribution in [-0.2, 0) is 14.9 Å². The number of imidazole rings is 1. The van der Waals surface area contributed by atoms with E-state index in [0.29, 0.717) is 48.1 Å².